The molecule has 1 aliphatic carbocycles. The summed E-state index contributed by atoms with van der Waals surface area (Å²) in [6.45, 7) is 5.29. The van der Waals surface area contributed by atoms with Crippen molar-refractivity contribution < 1.29 is 14.3 Å². The fourth-order valence-electron chi connectivity index (χ4n) is 4.15. The molecular weight excluding hydrogens is 462 g/mol. The number of unbranched alkanes of at least 4 members (excludes halogenated alkanes) is 1. The second kappa shape index (κ2) is 12.7. The van der Waals surface area contributed by atoms with Gasteiger partial charge in [0, 0.05) is 29.7 Å². The van der Waals surface area contributed by atoms with E-state index in [1.807, 2.05) is 30.8 Å². The van der Waals surface area contributed by atoms with E-state index in [1.165, 1.54) is 11.6 Å². The molecule has 1 atom stereocenters. The molecule has 2 aliphatic rings. The van der Waals surface area contributed by atoms with Gasteiger partial charge < -0.3 is 14.8 Å². The van der Waals surface area contributed by atoms with E-state index in [1.54, 1.807) is 12.1 Å². The van der Waals surface area contributed by atoms with Gasteiger partial charge in [-0.25, -0.2) is 9.36 Å². The fraction of sp³-hybridized carbons (Fsp3) is 0.444. The van der Waals surface area contributed by atoms with Crippen molar-refractivity contribution in [2.75, 3.05) is 38.6 Å². The van der Waals surface area contributed by atoms with Crippen molar-refractivity contribution in [2.45, 2.75) is 37.9 Å². The standard InChI is InChI=1S/C27H33N3O4S/c1-2-16-34-27(32)30-24-19-21(10-8-20(24)9-11-26(30)31)33-17-4-3-13-28-14-15-29-23-6-5-7-25-22(23)12-18-35-25/h5-6,8-12,19,25,28H,2-4,7,13-18H2,1H3. The highest BCUT2D eigenvalue weighted by Gasteiger charge is 2.24. The van der Waals surface area contributed by atoms with Crippen molar-refractivity contribution in [3.63, 3.8) is 0 Å². The van der Waals surface area contributed by atoms with Gasteiger partial charge >= 0.3 is 6.09 Å². The van der Waals surface area contributed by atoms with Crippen LogP contribution >= 0.6 is 11.8 Å². The Hall–Kier alpha value is -2.84. The number of pyridine rings is 1. The van der Waals surface area contributed by atoms with Gasteiger partial charge in [0.1, 0.15) is 5.75 Å². The second-order valence-electron chi connectivity index (χ2n) is 8.53. The van der Waals surface area contributed by atoms with Crippen LogP contribution < -0.4 is 15.6 Å². The van der Waals surface area contributed by atoms with Crippen LogP contribution in [0.15, 0.2) is 63.9 Å². The van der Waals surface area contributed by atoms with Crippen molar-refractivity contribution in [3.05, 3.63) is 64.5 Å². The van der Waals surface area contributed by atoms with E-state index in [9.17, 15) is 9.59 Å². The van der Waals surface area contributed by atoms with Crippen LogP contribution in [0.5, 0.6) is 5.75 Å². The minimum Gasteiger partial charge on any atom is -0.494 e. The number of nitrogens with zero attached hydrogens (tertiary/aromatic N) is 2. The highest BCUT2D eigenvalue weighted by molar-refractivity contribution is 8.00. The van der Waals surface area contributed by atoms with E-state index < -0.39 is 11.7 Å². The van der Waals surface area contributed by atoms with Crippen LogP contribution in [0.3, 0.4) is 0 Å². The van der Waals surface area contributed by atoms with Gasteiger partial charge in [0.15, 0.2) is 0 Å². The lowest BCUT2D eigenvalue weighted by Crippen LogP contribution is -2.27. The summed E-state index contributed by atoms with van der Waals surface area (Å²) in [6, 6.07) is 8.51. The molecule has 4 rings (SSSR count). The topological polar surface area (TPSA) is 81.9 Å². The molecule has 0 amide bonds. The number of ether oxygens (including phenoxy) is 2. The molecule has 2 heterocycles. The lowest BCUT2D eigenvalue weighted by molar-refractivity contribution is 0.148. The summed E-state index contributed by atoms with van der Waals surface area (Å²) < 4.78 is 12.1. The van der Waals surface area contributed by atoms with Crippen LogP contribution in [0.1, 0.15) is 32.6 Å². The average Bonchev–Trinajstić information content (AvgIpc) is 3.36. The zero-order valence-corrected chi connectivity index (χ0v) is 21.0. The molecule has 2 aromatic rings. The number of carbonyl (C=O) groups excluding carboxylic acids is 1. The SMILES string of the molecule is CCCOC(=O)n1c(=O)ccc2ccc(OCCCCNCCN=C3C=CCC4SCC=C34)cc21. The van der Waals surface area contributed by atoms with Gasteiger partial charge in [0.25, 0.3) is 5.56 Å². The number of aliphatic imine (C=N–C) groups is 1. The Labute approximate surface area is 210 Å². The molecule has 0 bridgehead atoms. The van der Waals surface area contributed by atoms with E-state index >= 15 is 0 Å². The third-order valence-corrected chi connectivity index (χ3v) is 7.15. The summed E-state index contributed by atoms with van der Waals surface area (Å²) in [4.78, 5) is 29.4. The molecule has 1 aromatic heterocycles. The first-order chi connectivity index (χ1) is 17.2. The Kier molecular flexibility index (Phi) is 9.20. The number of aromatic nitrogens is 1. The first-order valence-electron chi connectivity index (χ1n) is 12.4. The number of hydrogen-bond donors (Lipinski definition) is 1. The molecule has 0 saturated heterocycles. The Morgan fingerprint density at radius 1 is 1.20 bits per heavy atom. The normalized spacial score (nSPS) is 18.0. The van der Waals surface area contributed by atoms with Crippen molar-refractivity contribution in [3.8, 4) is 5.75 Å². The number of thioether (sulfide) groups is 1. The molecule has 0 radical (unpaired) electrons. The number of carbonyl (C=O) groups is 1. The highest BCUT2D eigenvalue weighted by Crippen LogP contribution is 2.33. The quantitative estimate of drug-likeness (QED) is 0.459. The molecular formula is C27H33N3O4S. The van der Waals surface area contributed by atoms with E-state index in [-0.39, 0.29) is 6.61 Å². The van der Waals surface area contributed by atoms with Crippen LogP contribution in [-0.4, -0.2) is 60.2 Å². The first-order valence-corrected chi connectivity index (χ1v) is 13.4. The second-order valence-corrected chi connectivity index (χ2v) is 9.77. The van der Waals surface area contributed by atoms with Gasteiger partial charge in [-0.05, 0) is 67.5 Å². The van der Waals surface area contributed by atoms with Gasteiger partial charge in [0.2, 0.25) is 0 Å². The summed E-state index contributed by atoms with van der Waals surface area (Å²) in [5.41, 5.74) is 2.65. The van der Waals surface area contributed by atoms with Gasteiger partial charge in [0.05, 0.1) is 31.0 Å². The van der Waals surface area contributed by atoms with Crippen molar-refractivity contribution in [1.29, 1.82) is 0 Å². The molecule has 7 nitrogen and oxygen atoms in total. The van der Waals surface area contributed by atoms with E-state index in [0.29, 0.717) is 29.5 Å². The molecule has 35 heavy (non-hydrogen) atoms. The van der Waals surface area contributed by atoms with Crippen LogP contribution in [0.4, 0.5) is 4.79 Å². The van der Waals surface area contributed by atoms with E-state index in [2.05, 4.69) is 23.5 Å². The van der Waals surface area contributed by atoms with Gasteiger partial charge in [-0.15, -0.1) is 11.8 Å². The number of rotatable bonds is 11. The summed E-state index contributed by atoms with van der Waals surface area (Å²) in [7, 11) is 0. The van der Waals surface area contributed by atoms with Crippen LogP contribution in [0.25, 0.3) is 10.9 Å². The Balaban J connectivity index is 1.19. The monoisotopic (exact) mass is 495 g/mol. The molecule has 1 aromatic carbocycles. The molecule has 186 valence electrons. The summed E-state index contributed by atoms with van der Waals surface area (Å²) in [5.74, 6) is 1.73. The minimum absolute atomic E-state index is 0.272. The smallest absolute Gasteiger partial charge is 0.421 e. The summed E-state index contributed by atoms with van der Waals surface area (Å²) in [5, 5.41) is 4.84. The maximum atomic E-state index is 12.4. The summed E-state index contributed by atoms with van der Waals surface area (Å²) in [6.07, 6.45) is 9.76. The molecule has 0 saturated carbocycles. The van der Waals surface area contributed by atoms with Crippen LogP contribution in [0, 0.1) is 0 Å². The van der Waals surface area contributed by atoms with E-state index in [0.717, 1.165) is 60.3 Å². The molecule has 0 spiro atoms. The van der Waals surface area contributed by atoms with Gasteiger partial charge in [-0.2, -0.15) is 0 Å². The van der Waals surface area contributed by atoms with Crippen LogP contribution in [0.2, 0.25) is 0 Å². The summed E-state index contributed by atoms with van der Waals surface area (Å²) >= 11 is 2.00. The van der Waals surface area contributed by atoms with Crippen molar-refractivity contribution >= 4 is 34.5 Å². The number of fused-ring (bicyclic) bond motifs is 2. The molecule has 1 aliphatic heterocycles. The minimum atomic E-state index is -0.658. The number of allylic oxidation sites excluding steroid dienone is 2. The average molecular weight is 496 g/mol. The third-order valence-electron chi connectivity index (χ3n) is 5.94. The van der Waals surface area contributed by atoms with Crippen molar-refractivity contribution in [2.24, 2.45) is 4.99 Å². The van der Waals surface area contributed by atoms with Crippen molar-refractivity contribution in [1.82, 2.24) is 9.88 Å². The highest BCUT2D eigenvalue weighted by atomic mass is 32.2. The molecule has 1 unspecified atom stereocenters. The largest absolute Gasteiger partial charge is 0.494 e. The molecule has 1 N–H and O–H groups in total. The Bertz CT molecular complexity index is 1180. The maximum absolute atomic E-state index is 12.4. The molecule has 0 fully saturated rings. The zero-order chi connectivity index (χ0) is 24.5. The lowest BCUT2D eigenvalue weighted by Gasteiger charge is -2.17. The number of nitrogens with one attached hydrogen (secondary N) is 1. The molecule has 8 heteroatoms. The van der Waals surface area contributed by atoms with Gasteiger partial charge in [-0.3, -0.25) is 9.79 Å². The Morgan fingerprint density at radius 2 is 2.09 bits per heavy atom. The zero-order valence-electron chi connectivity index (χ0n) is 20.2. The van der Waals surface area contributed by atoms with E-state index in [4.69, 9.17) is 14.5 Å². The maximum Gasteiger partial charge on any atom is 0.421 e. The predicted octanol–water partition coefficient (Wildman–Crippen LogP) is 4.59. The van der Waals surface area contributed by atoms with Gasteiger partial charge in [-0.1, -0.05) is 19.1 Å². The number of hydrogen-bond acceptors (Lipinski definition) is 7. The number of benzene rings is 1. The fourth-order valence-corrected chi connectivity index (χ4v) is 5.30. The van der Waals surface area contributed by atoms with Crippen LogP contribution in [-0.2, 0) is 4.74 Å². The lowest BCUT2D eigenvalue weighted by atomic mass is 9.98. The predicted molar refractivity (Wildman–Crippen MR) is 143 cm³/mol. The first kappa shape index (κ1) is 25.3. The third kappa shape index (κ3) is 6.64. The Morgan fingerprint density at radius 3 is 2.97 bits per heavy atom.